The van der Waals surface area contributed by atoms with Crippen LogP contribution in [0.5, 0.6) is 0 Å². The summed E-state index contributed by atoms with van der Waals surface area (Å²) in [5.41, 5.74) is 1.01. The minimum atomic E-state index is -3.24. The number of hydrogen-bond donors (Lipinski definition) is 0. The minimum absolute atomic E-state index is 0.00000800. The van der Waals surface area contributed by atoms with Crippen molar-refractivity contribution in [2.24, 2.45) is 0 Å². The van der Waals surface area contributed by atoms with Crippen LogP contribution in [0.25, 0.3) is 0 Å². The quantitative estimate of drug-likeness (QED) is 0.801. The van der Waals surface area contributed by atoms with Crippen molar-refractivity contribution in [3.8, 4) is 0 Å². The summed E-state index contributed by atoms with van der Waals surface area (Å²) in [5, 5.41) is 1.38. The van der Waals surface area contributed by atoms with E-state index in [4.69, 9.17) is 4.74 Å². The Labute approximate surface area is 152 Å². The average Bonchev–Trinajstić information content (AvgIpc) is 3.07. The van der Waals surface area contributed by atoms with Gasteiger partial charge in [-0.2, -0.15) is 0 Å². The van der Waals surface area contributed by atoms with Crippen molar-refractivity contribution >= 4 is 27.1 Å². The Morgan fingerprint density at radius 3 is 2.68 bits per heavy atom. The Hall–Kier alpha value is -1.70. The lowest BCUT2D eigenvalue weighted by Gasteiger charge is -2.19. The fourth-order valence-electron chi connectivity index (χ4n) is 2.91. The van der Waals surface area contributed by atoms with Gasteiger partial charge in [-0.1, -0.05) is 36.4 Å². The second kappa shape index (κ2) is 8.12. The van der Waals surface area contributed by atoms with E-state index in [1.807, 2.05) is 47.8 Å². The van der Waals surface area contributed by atoms with Crippen molar-refractivity contribution in [2.75, 3.05) is 25.4 Å². The summed E-state index contributed by atoms with van der Waals surface area (Å²) in [4.78, 5) is 14.8. The summed E-state index contributed by atoms with van der Waals surface area (Å²) in [6, 6.07) is 13.4. The predicted molar refractivity (Wildman–Crippen MR) is 98.1 cm³/mol. The maximum absolute atomic E-state index is 12.5. The van der Waals surface area contributed by atoms with Crippen molar-refractivity contribution in [1.82, 2.24) is 4.90 Å². The highest BCUT2D eigenvalue weighted by Crippen LogP contribution is 2.32. The molecule has 1 fully saturated rings. The van der Waals surface area contributed by atoms with Crippen molar-refractivity contribution in [3.63, 3.8) is 0 Å². The van der Waals surface area contributed by atoms with Gasteiger partial charge >= 0.3 is 0 Å². The van der Waals surface area contributed by atoms with E-state index in [2.05, 4.69) is 0 Å². The molecule has 134 valence electrons. The summed E-state index contributed by atoms with van der Waals surface area (Å²) >= 11 is 1.45. The Morgan fingerprint density at radius 1 is 1.16 bits per heavy atom. The summed E-state index contributed by atoms with van der Waals surface area (Å²) in [6.07, 6.45) is 0.438. The average molecular weight is 380 g/mol. The van der Waals surface area contributed by atoms with E-state index >= 15 is 0 Å². The van der Waals surface area contributed by atoms with Crippen LogP contribution in [0.3, 0.4) is 0 Å². The molecule has 7 heteroatoms. The van der Waals surface area contributed by atoms with Crippen LogP contribution in [0.4, 0.5) is 0 Å². The maximum atomic E-state index is 12.5. The van der Waals surface area contributed by atoms with E-state index in [0.717, 1.165) is 10.4 Å². The molecule has 3 rings (SSSR count). The smallest absolute Gasteiger partial charge is 0.248 e. The highest BCUT2D eigenvalue weighted by atomic mass is 32.2. The molecule has 2 aromatic rings. The van der Waals surface area contributed by atoms with Gasteiger partial charge in [-0.15, -0.1) is 11.3 Å². The van der Waals surface area contributed by atoms with Gasteiger partial charge in [-0.25, -0.2) is 8.42 Å². The number of amides is 1. The fourth-order valence-corrected chi connectivity index (χ4v) is 5.91. The number of sulfone groups is 1. The molecular formula is C18H21NO4S2. The molecule has 0 radical (unpaired) electrons. The lowest BCUT2D eigenvalue weighted by atomic mass is 10.2. The molecule has 0 bridgehead atoms. The zero-order chi connectivity index (χ0) is 17.7. The Morgan fingerprint density at radius 2 is 1.96 bits per heavy atom. The normalized spacial score (nSPS) is 20.2. The number of rotatable bonds is 5. The predicted octanol–water partition coefficient (Wildman–Crippen LogP) is 2.65. The van der Waals surface area contributed by atoms with Crippen LogP contribution in [0, 0.1) is 0 Å². The second-order valence-corrected chi connectivity index (χ2v) is 9.30. The van der Waals surface area contributed by atoms with Crippen LogP contribution in [0.2, 0.25) is 0 Å². The van der Waals surface area contributed by atoms with Gasteiger partial charge in [0.25, 0.3) is 0 Å². The Bertz CT molecular complexity index is 788. The number of hydrogen-bond acceptors (Lipinski definition) is 5. The molecule has 1 aromatic carbocycles. The molecule has 25 heavy (non-hydrogen) atoms. The SMILES string of the molecule is O=C(COCc1ccccc1)N1CCC(c2cccs2)S(=O)(=O)CC1. The number of carbonyl (C=O) groups excluding carboxylic acids is 1. The van der Waals surface area contributed by atoms with Crippen LogP contribution >= 0.6 is 11.3 Å². The molecule has 0 N–H and O–H groups in total. The first-order valence-electron chi connectivity index (χ1n) is 8.21. The number of ether oxygens (including phenoxy) is 1. The molecule has 1 atom stereocenters. The van der Waals surface area contributed by atoms with Crippen molar-refractivity contribution in [1.29, 1.82) is 0 Å². The molecule has 1 unspecified atom stereocenters. The van der Waals surface area contributed by atoms with Crippen molar-refractivity contribution in [3.05, 3.63) is 58.3 Å². The van der Waals surface area contributed by atoms with Gasteiger partial charge in [0.15, 0.2) is 9.84 Å². The molecule has 1 aliphatic rings. The number of thiophene rings is 1. The molecule has 1 aliphatic heterocycles. The summed E-state index contributed by atoms with van der Waals surface area (Å²) < 4.78 is 30.5. The van der Waals surface area contributed by atoms with E-state index in [1.54, 1.807) is 4.90 Å². The molecule has 5 nitrogen and oxygen atoms in total. The third kappa shape index (κ3) is 4.68. The zero-order valence-corrected chi connectivity index (χ0v) is 15.5. The molecular weight excluding hydrogens is 358 g/mol. The molecule has 0 aliphatic carbocycles. The minimum Gasteiger partial charge on any atom is -0.367 e. The molecule has 1 saturated heterocycles. The zero-order valence-electron chi connectivity index (χ0n) is 13.8. The van der Waals surface area contributed by atoms with Gasteiger partial charge in [0.05, 0.1) is 17.6 Å². The van der Waals surface area contributed by atoms with E-state index in [-0.39, 0.29) is 24.8 Å². The third-order valence-electron chi connectivity index (χ3n) is 4.29. The van der Waals surface area contributed by atoms with Crippen LogP contribution in [-0.4, -0.2) is 44.7 Å². The number of carbonyl (C=O) groups is 1. The van der Waals surface area contributed by atoms with Gasteiger partial charge in [0, 0.05) is 18.0 Å². The Kier molecular flexibility index (Phi) is 5.88. The fraction of sp³-hybridized carbons (Fsp3) is 0.389. The highest BCUT2D eigenvalue weighted by molar-refractivity contribution is 7.91. The van der Waals surface area contributed by atoms with E-state index in [9.17, 15) is 13.2 Å². The van der Waals surface area contributed by atoms with Crippen molar-refractivity contribution < 1.29 is 17.9 Å². The van der Waals surface area contributed by atoms with Crippen molar-refractivity contribution in [2.45, 2.75) is 18.3 Å². The lowest BCUT2D eigenvalue weighted by molar-refractivity contribution is -0.136. The number of nitrogens with zero attached hydrogens (tertiary/aromatic N) is 1. The van der Waals surface area contributed by atoms with Gasteiger partial charge in [0.2, 0.25) is 5.91 Å². The van der Waals surface area contributed by atoms with Gasteiger partial charge in [-0.3, -0.25) is 4.79 Å². The Balaban J connectivity index is 1.56. The van der Waals surface area contributed by atoms with E-state index in [1.165, 1.54) is 11.3 Å². The first kappa shape index (κ1) is 18.1. The van der Waals surface area contributed by atoms with Gasteiger partial charge < -0.3 is 9.64 Å². The van der Waals surface area contributed by atoms with Crippen LogP contribution in [0.15, 0.2) is 47.8 Å². The standard InChI is InChI=1S/C18H21NO4S2/c20-18(14-23-13-15-5-2-1-3-6-15)19-9-8-17(16-7-4-11-24-16)25(21,22)12-10-19/h1-7,11,17H,8-10,12-14H2. The summed E-state index contributed by atoms with van der Waals surface area (Å²) in [5.74, 6) is -0.155. The van der Waals surface area contributed by atoms with Crippen LogP contribution in [0.1, 0.15) is 22.1 Å². The van der Waals surface area contributed by atoms with E-state index < -0.39 is 15.1 Å². The topological polar surface area (TPSA) is 63.7 Å². The molecule has 0 saturated carbocycles. The van der Waals surface area contributed by atoms with Crippen LogP contribution < -0.4 is 0 Å². The monoisotopic (exact) mass is 379 g/mol. The first-order chi connectivity index (χ1) is 12.1. The lowest BCUT2D eigenvalue weighted by Crippen LogP contribution is -2.36. The molecule has 0 spiro atoms. The molecule has 1 amide bonds. The largest absolute Gasteiger partial charge is 0.367 e. The number of benzene rings is 1. The molecule has 2 heterocycles. The summed E-state index contributed by atoms with van der Waals surface area (Å²) in [7, 11) is -3.24. The second-order valence-electron chi connectivity index (χ2n) is 6.02. The van der Waals surface area contributed by atoms with Gasteiger partial charge in [-0.05, 0) is 23.4 Å². The van der Waals surface area contributed by atoms with Crippen LogP contribution in [-0.2, 0) is 26.0 Å². The first-order valence-corrected chi connectivity index (χ1v) is 10.8. The highest BCUT2D eigenvalue weighted by Gasteiger charge is 2.33. The summed E-state index contributed by atoms with van der Waals surface area (Å²) in [6.45, 7) is 1.02. The van der Waals surface area contributed by atoms with Gasteiger partial charge in [0.1, 0.15) is 6.61 Å². The third-order valence-corrected chi connectivity index (χ3v) is 7.53. The maximum Gasteiger partial charge on any atom is 0.248 e. The molecule has 1 aromatic heterocycles. The van der Waals surface area contributed by atoms with E-state index in [0.29, 0.717) is 19.6 Å².